The predicted molar refractivity (Wildman–Crippen MR) is 68.8 cm³/mol. The molecule has 0 heterocycles. The lowest BCUT2D eigenvalue weighted by atomic mass is 10.1. The molecule has 0 unspecified atom stereocenters. The van der Waals surface area contributed by atoms with Crippen molar-refractivity contribution in [2.24, 2.45) is 0 Å². The first kappa shape index (κ1) is 12.7. The van der Waals surface area contributed by atoms with Crippen molar-refractivity contribution in [2.75, 3.05) is 7.11 Å². The summed E-state index contributed by atoms with van der Waals surface area (Å²) in [5.74, 6) is 0.777. The second-order valence-electron chi connectivity index (χ2n) is 4.72. The van der Waals surface area contributed by atoms with E-state index in [4.69, 9.17) is 4.74 Å². The van der Waals surface area contributed by atoms with Gasteiger partial charge in [0.05, 0.1) is 13.5 Å². The zero-order valence-electron chi connectivity index (χ0n) is 10.6. The van der Waals surface area contributed by atoms with Crippen LogP contribution in [0.2, 0.25) is 0 Å². The Hall–Kier alpha value is -1.71. The van der Waals surface area contributed by atoms with Gasteiger partial charge in [0.25, 0.3) is 0 Å². The summed E-state index contributed by atoms with van der Waals surface area (Å²) in [6, 6.07) is 5.12. The summed E-state index contributed by atoms with van der Waals surface area (Å²) >= 11 is 0. The Labute approximate surface area is 107 Å². The normalized spacial score (nSPS) is 15.6. The molecule has 0 saturated heterocycles. The van der Waals surface area contributed by atoms with Gasteiger partial charge in [-0.3, -0.25) is 4.79 Å². The van der Waals surface area contributed by atoms with Crippen LogP contribution in [-0.4, -0.2) is 24.2 Å². The summed E-state index contributed by atoms with van der Waals surface area (Å²) in [5.41, 5.74) is 0.716. The second-order valence-corrected chi connectivity index (χ2v) is 4.72. The van der Waals surface area contributed by atoms with Gasteiger partial charge in [0, 0.05) is 11.6 Å². The molecule has 1 fully saturated rings. The maximum Gasteiger partial charge on any atom is 0.224 e. The van der Waals surface area contributed by atoms with Gasteiger partial charge >= 0.3 is 0 Å². The van der Waals surface area contributed by atoms with E-state index < -0.39 is 0 Å². The number of carbonyl (C=O) groups is 1. The van der Waals surface area contributed by atoms with Crippen molar-refractivity contribution in [3.05, 3.63) is 23.8 Å². The van der Waals surface area contributed by atoms with Crippen LogP contribution in [0, 0.1) is 0 Å². The summed E-state index contributed by atoms with van der Waals surface area (Å²) in [4.78, 5) is 11.9. The number of phenols is 1. The molecule has 2 N–H and O–H groups in total. The molecule has 1 amide bonds. The maximum absolute atomic E-state index is 11.9. The van der Waals surface area contributed by atoms with Gasteiger partial charge in [-0.05, 0) is 31.0 Å². The molecule has 0 radical (unpaired) electrons. The lowest BCUT2D eigenvalue weighted by Gasteiger charge is -2.13. The molecule has 1 saturated carbocycles. The number of nitrogens with one attached hydrogen (secondary N) is 1. The number of methoxy groups -OCH3 is 1. The number of phenolic OH excluding ortho intramolecular Hbond substituents is 1. The number of hydrogen-bond acceptors (Lipinski definition) is 3. The molecule has 18 heavy (non-hydrogen) atoms. The van der Waals surface area contributed by atoms with Crippen molar-refractivity contribution in [1.82, 2.24) is 5.32 Å². The average molecular weight is 249 g/mol. The first-order valence-electron chi connectivity index (χ1n) is 6.34. The molecule has 4 nitrogen and oxygen atoms in total. The summed E-state index contributed by atoms with van der Waals surface area (Å²) in [6.07, 6.45) is 4.78. The average Bonchev–Trinajstić information content (AvgIpc) is 2.82. The summed E-state index contributed by atoms with van der Waals surface area (Å²) in [6.45, 7) is 0. The fourth-order valence-corrected chi connectivity index (χ4v) is 2.42. The third-order valence-electron chi connectivity index (χ3n) is 3.34. The molecule has 1 aromatic carbocycles. The quantitative estimate of drug-likeness (QED) is 0.858. The van der Waals surface area contributed by atoms with Crippen LogP contribution in [0.15, 0.2) is 18.2 Å². The van der Waals surface area contributed by atoms with Gasteiger partial charge in [-0.15, -0.1) is 0 Å². The monoisotopic (exact) mass is 249 g/mol. The molecule has 4 heteroatoms. The Bertz CT molecular complexity index is 425. The number of rotatable bonds is 4. The Balaban J connectivity index is 1.99. The fourth-order valence-electron chi connectivity index (χ4n) is 2.42. The molecule has 1 aliphatic carbocycles. The van der Waals surface area contributed by atoms with E-state index in [9.17, 15) is 9.90 Å². The topological polar surface area (TPSA) is 58.6 Å². The molecule has 0 aromatic heterocycles. The van der Waals surface area contributed by atoms with Gasteiger partial charge in [0.1, 0.15) is 11.5 Å². The van der Waals surface area contributed by atoms with Crippen LogP contribution in [0.3, 0.4) is 0 Å². The highest BCUT2D eigenvalue weighted by atomic mass is 16.5. The van der Waals surface area contributed by atoms with Crippen molar-refractivity contribution in [2.45, 2.75) is 38.1 Å². The Morgan fingerprint density at radius 3 is 2.83 bits per heavy atom. The van der Waals surface area contributed by atoms with Crippen molar-refractivity contribution in [3.63, 3.8) is 0 Å². The summed E-state index contributed by atoms with van der Waals surface area (Å²) in [7, 11) is 1.56. The van der Waals surface area contributed by atoms with Gasteiger partial charge < -0.3 is 15.2 Å². The number of carbonyl (C=O) groups excluding carboxylic acids is 1. The molecule has 1 aliphatic rings. The van der Waals surface area contributed by atoms with Gasteiger partial charge in [-0.2, -0.15) is 0 Å². The van der Waals surface area contributed by atoms with Gasteiger partial charge in [0.15, 0.2) is 0 Å². The van der Waals surface area contributed by atoms with Crippen LogP contribution >= 0.6 is 0 Å². The van der Waals surface area contributed by atoms with Crippen LogP contribution in [-0.2, 0) is 11.2 Å². The van der Waals surface area contributed by atoms with Crippen LogP contribution < -0.4 is 10.1 Å². The molecule has 0 bridgehead atoms. The molecule has 0 spiro atoms. The Morgan fingerprint density at radius 2 is 2.17 bits per heavy atom. The van der Waals surface area contributed by atoms with Crippen LogP contribution in [0.5, 0.6) is 11.5 Å². The zero-order valence-corrected chi connectivity index (χ0v) is 10.6. The van der Waals surface area contributed by atoms with E-state index in [0.717, 1.165) is 12.8 Å². The largest absolute Gasteiger partial charge is 0.508 e. The number of hydrogen-bond donors (Lipinski definition) is 2. The van der Waals surface area contributed by atoms with Crippen LogP contribution in [0.4, 0.5) is 0 Å². The van der Waals surface area contributed by atoms with E-state index in [1.807, 2.05) is 0 Å². The lowest BCUT2D eigenvalue weighted by Crippen LogP contribution is -2.33. The first-order valence-corrected chi connectivity index (χ1v) is 6.34. The van der Waals surface area contributed by atoms with Crippen molar-refractivity contribution < 1.29 is 14.6 Å². The van der Waals surface area contributed by atoms with Crippen molar-refractivity contribution in [1.29, 1.82) is 0 Å². The zero-order chi connectivity index (χ0) is 13.0. The SMILES string of the molecule is COc1ccc(O)cc1CC(=O)NC1CCCC1. The molecular formula is C14H19NO3. The Kier molecular flexibility index (Phi) is 4.07. The molecule has 0 aliphatic heterocycles. The predicted octanol–water partition coefficient (Wildman–Crippen LogP) is 2.00. The third-order valence-corrected chi connectivity index (χ3v) is 3.34. The van der Waals surface area contributed by atoms with Crippen LogP contribution in [0.25, 0.3) is 0 Å². The summed E-state index contributed by atoms with van der Waals surface area (Å²) < 4.78 is 5.18. The molecule has 98 valence electrons. The number of benzene rings is 1. The lowest BCUT2D eigenvalue weighted by molar-refractivity contribution is -0.121. The van der Waals surface area contributed by atoms with E-state index in [-0.39, 0.29) is 18.1 Å². The minimum atomic E-state index is -0.00852. The molecule has 1 aromatic rings. The summed E-state index contributed by atoms with van der Waals surface area (Å²) in [5, 5.41) is 12.5. The smallest absolute Gasteiger partial charge is 0.224 e. The van der Waals surface area contributed by atoms with E-state index in [0.29, 0.717) is 17.4 Å². The Morgan fingerprint density at radius 1 is 1.44 bits per heavy atom. The maximum atomic E-state index is 11.9. The van der Waals surface area contributed by atoms with Gasteiger partial charge in [-0.25, -0.2) is 0 Å². The second kappa shape index (κ2) is 5.76. The highest BCUT2D eigenvalue weighted by Gasteiger charge is 2.18. The van der Waals surface area contributed by atoms with E-state index in [1.54, 1.807) is 25.3 Å². The molecule has 2 rings (SSSR count). The number of ether oxygens (including phenoxy) is 1. The van der Waals surface area contributed by atoms with Crippen molar-refractivity contribution in [3.8, 4) is 11.5 Å². The van der Waals surface area contributed by atoms with Gasteiger partial charge in [-0.1, -0.05) is 12.8 Å². The highest BCUT2D eigenvalue weighted by molar-refractivity contribution is 5.79. The van der Waals surface area contributed by atoms with Crippen LogP contribution in [0.1, 0.15) is 31.2 Å². The number of amides is 1. The van der Waals surface area contributed by atoms with Crippen molar-refractivity contribution >= 4 is 5.91 Å². The number of aromatic hydroxyl groups is 1. The minimum absolute atomic E-state index is 0.00852. The van der Waals surface area contributed by atoms with Gasteiger partial charge in [0.2, 0.25) is 5.91 Å². The first-order chi connectivity index (χ1) is 8.69. The third kappa shape index (κ3) is 3.15. The standard InChI is InChI=1S/C14H19NO3/c1-18-13-7-6-12(16)8-10(13)9-14(17)15-11-4-2-3-5-11/h6-8,11,16H,2-5,9H2,1H3,(H,15,17). The minimum Gasteiger partial charge on any atom is -0.508 e. The highest BCUT2D eigenvalue weighted by Crippen LogP contribution is 2.24. The van der Waals surface area contributed by atoms with E-state index >= 15 is 0 Å². The fraction of sp³-hybridized carbons (Fsp3) is 0.500. The van der Waals surface area contributed by atoms with E-state index in [2.05, 4.69) is 5.32 Å². The van der Waals surface area contributed by atoms with E-state index in [1.165, 1.54) is 12.8 Å². The molecule has 0 atom stereocenters. The molecular weight excluding hydrogens is 230 g/mol.